The number of nitrogens with zero attached hydrogens (tertiary/aromatic N) is 4. The van der Waals surface area contributed by atoms with Crippen LogP contribution in [-0.2, 0) is 10.9 Å². The number of methoxy groups -OCH3 is 1. The Bertz CT molecular complexity index is 634. The SMILES string of the molecule is CCNC(=NCCNc1nccc(C(F)(F)F)n1)NC1CCN(CCOC)CC1. The molecule has 0 saturated carbocycles. The van der Waals surface area contributed by atoms with E-state index in [-0.39, 0.29) is 5.95 Å². The minimum absolute atomic E-state index is 0.0589. The fraction of sp³-hybridized carbons (Fsp3) is 0.722. The zero-order valence-corrected chi connectivity index (χ0v) is 16.9. The molecular weight excluding hydrogens is 387 g/mol. The number of ether oxygens (including phenoxy) is 1. The van der Waals surface area contributed by atoms with Crippen molar-refractivity contribution in [2.24, 2.45) is 4.99 Å². The van der Waals surface area contributed by atoms with Gasteiger partial charge in [0.1, 0.15) is 5.69 Å². The van der Waals surface area contributed by atoms with Crippen LogP contribution >= 0.6 is 0 Å². The quantitative estimate of drug-likeness (QED) is 0.319. The van der Waals surface area contributed by atoms with Crippen LogP contribution in [0.4, 0.5) is 19.1 Å². The van der Waals surface area contributed by atoms with E-state index in [2.05, 4.69) is 35.8 Å². The third kappa shape index (κ3) is 8.40. The molecule has 0 aliphatic carbocycles. The van der Waals surface area contributed by atoms with Crippen molar-refractivity contribution in [2.45, 2.75) is 32.0 Å². The molecule has 0 spiro atoms. The van der Waals surface area contributed by atoms with Crippen molar-refractivity contribution in [1.29, 1.82) is 0 Å². The fourth-order valence-electron chi connectivity index (χ4n) is 2.97. The van der Waals surface area contributed by atoms with Gasteiger partial charge in [-0.2, -0.15) is 13.2 Å². The van der Waals surface area contributed by atoms with Crippen LogP contribution in [0.2, 0.25) is 0 Å². The Balaban J connectivity index is 1.78. The predicted molar refractivity (Wildman–Crippen MR) is 106 cm³/mol. The van der Waals surface area contributed by atoms with E-state index in [0.29, 0.717) is 25.1 Å². The molecule has 0 aromatic carbocycles. The molecule has 1 aliphatic rings. The Hall–Kier alpha value is -2.14. The molecule has 29 heavy (non-hydrogen) atoms. The van der Waals surface area contributed by atoms with Gasteiger partial charge in [-0.15, -0.1) is 0 Å². The number of guanidine groups is 1. The van der Waals surface area contributed by atoms with Gasteiger partial charge in [0.25, 0.3) is 0 Å². The second-order valence-electron chi connectivity index (χ2n) is 6.70. The Morgan fingerprint density at radius 1 is 1.34 bits per heavy atom. The summed E-state index contributed by atoms with van der Waals surface area (Å²) in [4.78, 5) is 14.2. The average Bonchev–Trinajstić information content (AvgIpc) is 2.70. The van der Waals surface area contributed by atoms with Crippen LogP contribution in [0.15, 0.2) is 17.3 Å². The molecule has 2 heterocycles. The van der Waals surface area contributed by atoms with Crippen molar-refractivity contribution >= 4 is 11.9 Å². The molecule has 0 radical (unpaired) electrons. The molecule has 1 fully saturated rings. The van der Waals surface area contributed by atoms with Crippen molar-refractivity contribution in [2.75, 3.05) is 58.3 Å². The van der Waals surface area contributed by atoms with E-state index in [4.69, 9.17) is 4.74 Å². The summed E-state index contributed by atoms with van der Waals surface area (Å²) in [7, 11) is 1.71. The van der Waals surface area contributed by atoms with Crippen molar-refractivity contribution in [3.63, 3.8) is 0 Å². The summed E-state index contributed by atoms with van der Waals surface area (Å²) >= 11 is 0. The summed E-state index contributed by atoms with van der Waals surface area (Å²) < 4.78 is 43.2. The molecule has 11 heteroatoms. The molecule has 0 bridgehead atoms. The highest BCUT2D eigenvalue weighted by Crippen LogP contribution is 2.27. The smallest absolute Gasteiger partial charge is 0.383 e. The number of likely N-dealkylation sites (tertiary alicyclic amines) is 1. The zero-order valence-electron chi connectivity index (χ0n) is 16.9. The minimum atomic E-state index is -4.49. The molecule has 3 N–H and O–H groups in total. The number of hydrogen-bond acceptors (Lipinski definition) is 6. The molecule has 1 aromatic rings. The average molecular weight is 417 g/mol. The third-order valence-electron chi connectivity index (χ3n) is 4.50. The molecule has 0 amide bonds. The van der Waals surface area contributed by atoms with Gasteiger partial charge in [-0.3, -0.25) is 4.99 Å². The monoisotopic (exact) mass is 417 g/mol. The number of anilines is 1. The Labute approximate surface area is 169 Å². The lowest BCUT2D eigenvalue weighted by Gasteiger charge is -2.32. The standard InChI is InChI=1S/C18H30F3N7O/c1-3-22-16(26-14-5-10-28(11-6-14)12-13-29-2)24-8-9-25-17-23-7-4-15(27-17)18(19,20)21/h4,7,14H,3,5-6,8-13H2,1-2H3,(H2,22,24,26)(H,23,25,27). The first-order valence-electron chi connectivity index (χ1n) is 9.82. The van der Waals surface area contributed by atoms with E-state index in [1.54, 1.807) is 7.11 Å². The van der Waals surface area contributed by atoms with Gasteiger partial charge in [0.2, 0.25) is 5.95 Å². The second kappa shape index (κ2) is 11.8. The van der Waals surface area contributed by atoms with E-state index >= 15 is 0 Å². The number of aliphatic imine (C=N–C) groups is 1. The fourth-order valence-corrected chi connectivity index (χ4v) is 2.97. The third-order valence-corrected chi connectivity index (χ3v) is 4.50. The Morgan fingerprint density at radius 3 is 2.76 bits per heavy atom. The highest BCUT2D eigenvalue weighted by Gasteiger charge is 2.32. The summed E-state index contributed by atoms with van der Waals surface area (Å²) in [5, 5.41) is 9.42. The number of hydrogen-bond donors (Lipinski definition) is 3. The lowest BCUT2D eigenvalue weighted by molar-refractivity contribution is -0.141. The van der Waals surface area contributed by atoms with Gasteiger partial charge in [0, 0.05) is 52.1 Å². The van der Waals surface area contributed by atoms with E-state index < -0.39 is 11.9 Å². The molecule has 1 aliphatic heterocycles. The van der Waals surface area contributed by atoms with Crippen molar-refractivity contribution in [3.05, 3.63) is 18.0 Å². The predicted octanol–water partition coefficient (Wildman–Crippen LogP) is 1.57. The van der Waals surface area contributed by atoms with E-state index in [1.807, 2.05) is 6.92 Å². The van der Waals surface area contributed by atoms with Crippen molar-refractivity contribution in [3.8, 4) is 0 Å². The van der Waals surface area contributed by atoms with Gasteiger partial charge >= 0.3 is 6.18 Å². The van der Waals surface area contributed by atoms with Crippen LogP contribution in [0.1, 0.15) is 25.5 Å². The zero-order chi connectivity index (χ0) is 21.1. The lowest BCUT2D eigenvalue weighted by atomic mass is 10.1. The van der Waals surface area contributed by atoms with Crippen LogP contribution in [0.5, 0.6) is 0 Å². The molecule has 0 atom stereocenters. The Kier molecular flexibility index (Phi) is 9.39. The molecule has 1 saturated heterocycles. The van der Waals surface area contributed by atoms with Crippen molar-refractivity contribution < 1.29 is 17.9 Å². The van der Waals surface area contributed by atoms with Crippen LogP contribution in [0, 0.1) is 0 Å². The summed E-state index contributed by atoms with van der Waals surface area (Å²) in [6.07, 6.45) is -1.36. The van der Waals surface area contributed by atoms with Crippen LogP contribution in [0.3, 0.4) is 0 Å². The van der Waals surface area contributed by atoms with Gasteiger partial charge in [-0.05, 0) is 25.8 Å². The Morgan fingerprint density at radius 2 is 2.10 bits per heavy atom. The van der Waals surface area contributed by atoms with Crippen LogP contribution in [0.25, 0.3) is 0 Å². The normalized spacial score (nSPS) is 16.7. The minimum Gasteiger partial charge on any atom is -0.383 e. The first-order valence-corrected chi connectivity index (χ1v) is 9.82. The number of piperidine rings is 1. The number of aromatic nitrogens is 2. The van der Waals surface area contributed by atoms with Gasteiger partial charge in [0.05, 0.1) is 13.2 Å². The summed E-state index contributed by atoms with van der Waals surface area (Å²) in [6.45, 7) is 7.12. The number of alkyl halides is 3. The maximum Gasteiger partial charge on any atom is 0.433 e. The van der Waals surface area contributed by atoms with E-state index in [0.717, 1.165) is 57.9 Å². The summed E-state index contributed by atoms with van der Waals surface area (Å²) in [5.74, 6) is 0.644. The topological polar surface area (TPSA) is 86.7 Å². The summed E-state index contributed by atoms with van der Waals surface area (Å²) in [6, 6.07) is 1.18. The first-order chi connectivity index (χ1) is 13.9. The molecule has 2 rings (SSSR count). The van der Waals surface area contributed by atoms with Crippen molar-refractivity contribution in [1.82, 2.24) is 25.5 Å². The molecule has 164 valence electrons. The number of halogens is 3. The van der Waals surface area contributed by atoms with Gasteiger partial charge in [-0.1, -0.05) is 0 Å². The maximum atomic E-state index is 12.7. The van der Waals surface area contributed by atoms with E-state index in [1.165, 1.54) is 0 Å². The summed E-state index contributed by atoms with van der Waals surface area (Å²) in [5.41, 5.74) is -0.967. The second-order valence-corrected chi connectivity index (χ2v) is 6.70. The molecule has 0 unspecified atom stereocenters. The van der Waals surface area contributed by atoms with Gasteiger partial charge in [0.15, 0.2) is 5.96 Å². The molecule has 1 aromatic heterocycles. The molecular formula is C18H30F3N7O. The van der Waals surface area contributed by atoms with Crippen LogP contribution in [-0.4, -0.2) is 79.9 Å². The van der Waals surface area contributed by atoms with E-state index in [9.17, 15) is 13.2 Å². The number of nitrogens with one attached hydrogen (secondary N) is 3. The first kappa shape index (κ1) is 23.1. The lowest BCUT2D eigenvalue weighted by Crippen LogP contribution is -2.49. The van der Waals surface area contributed by atoms with Crippen LogP contribution < -0.4 is 16.0 Å². The van der Waals surface area contributed by atoms with Gasteiger partial charge in [-0.25, -0.2) is 9.97 Å². The number of rotatable bonds is 9. The van der Waals surface area contributed by atoms with Gasteiger partial charge < -0.3 is 25.6 Å². The molecule has 8 nitrogen and oxygen atoms in total. The highest BCUT2D eigenvalue weighted by molar-refractivity contribution is 5.80. The largest absolute Gasteiger partial charge is 0.433 e. The maximum absolute atomic E-state index is 12.7. The highest BCUT2D eigenvalue weighted by atomic mass is 19.4.